The van der Waals surface area contributed by atoms with Gasteiger partial charge in [0.25, 0.3) is 0 Å². The highest BCUT2D eigenvalue weighted by atomic mass is 35.5. The number of nitrogens with one attached hydrogen (secondary N) is 1. The van der Waals surface area contributed by atoms with Gasteiger partial charge in [-0.25, -0.2) is 4.79 Å². The Hall–Kier alpha value is -2.40. The van der Waals surface area contributed by atoms with Gasteiger partial charge in [-0.1, -0.05) is 11.6 Å². The van der Waals surface area contributed by atoms with Gasteiger partial charge in [0.05, 0.1) is 17.7 Å². The number of carbonyl (C=O) groups is 2. The van der Waals surface area contributed by atoms with Crippen molar-refractivity contribution in [1.29, 1.82) is 0 Å². The van der Waals surface area contributed by atoms with Crippen LogP contribution in [0.5, 0.6) is 0 Å². The number of aromatic nitrogens is 1. The van der Waals surface area contributed by atoms with Crippen LogP contribution in [0.4, 0.5) is 5.69 Å². The third-order valence-corrected chi connectivity index (χ3v) is 3.22. The Kier molecular flexibility index (Phi) is 5.57. The van der Waals surface area contributed by atoms with Crippen molar-refractivity contribution in [2.75, 3.05) is 5.32 Å². The maximum atomic E-state index is 12.2. The number of nitrogens with zero attached hydrogens (tertiary/aromatic N) is 1. The summed E-state index contributed by atoms with van der Waals surface area (Å²) in [4.78, 5) is 28.6. The van der Waals surface area contributed by atoms with Crippen molar-refractivity contribution in [3.05, 3.63) is 58.9 Å². The zero-order valence-electron chi connectivity index (χ0n) is 13.8. The lowest BCUT2D eigenvalue weighted by molar-refractivity contribution is -0.115. The van der Waals surface area contributed by atoms with Crippen LogP contribution in [0.3, 0.4) is 0 Å². The number of pyridine rings is 1. The molecule has 0 fully saturated rings. The number of hydrogen-bond acceptors (Lipinski definition) is 4. The molecule has 1 heterocycles. The normalized spacial score (nSPS) is 11.0. The minimum absolute atomic E-state index is 0.0297. The van der Waals surface area contributed by atoms with E-state index in [1.807, 2.05) is 0 Å². The molecule has 5 nitrogen and oxygen atoms in total. The summed E-state index contributed by atoms with van der Waals surface area (Å²) in [6.45, 7) is 5.36. The second kappa shape index (κ2) is 7.45. The molecule has 1 N–H and O–H groups in total. The van der Waals surface area contributed by atoms with Gasteiger partial charge in [0.1, 0.15) is 5.60 Å². The van der Waals surface area contributed by atoms with Crippen LogP contribution in [-0.4, -0.2) is 22.5 Å². The molecule has 0 aliphatic heterocycles. The summed E-state index contributed by atoms with van der Waals surface area (Å²) >= 11 is 5.81. The van der Waals surface area contributed by atoms with Crippen molar-refractivity contribution >= 4 is 29.2 Å². The number of esters is 1. The molecule has 0 spiro atoms. The average molecular weight is 347 g/mol. The summed E-state index contributed by atoms with van der Waals surface area (Å²) in [5.74, 6) is -0.772. The third-order valence-electron chi connectivity index (χ3n) is 2.97. The highest BCUT2D eigenvalue weighted by Gasteiger charge is 2.21. The molecule has 6 heteroatoms. The van der Waals surface area contributed by atoms with Crippen molar-refractivity contribution in [3.63, 3.8) is 0 Å². The van der Waals surface area contributed by atoms with Gasteiger partial charge in [-0.15, -0.1) is 0 Å². The minimum Gasteiger partial charge on any atom is -0.456 e. The van der Waals surface area contributed by atoms with E-state index in [-0.39, 0.29) is 12.3 Å². The van der Waals surface area contributed by atoms with Gasteiger partial charge in [0, 0.05) is 16.9 Å². The molecule has 0 saturated carbocycles. The first-order valence-electron chi connectivity index (χ1n) is 7.47. The minimum atomic E-state index is -0.615. The van der Waals surface area contributed by atoms with E-state index < -0.39 is 11.6 Å². The van der Waals surface area contributed by atoms with Gasteiger partial charge >= 0.3 is 5.97 Å². The van der Waals surface area contributed by atoms with Gasteiger partial charge in [-0.2, -0.15) is 0 Å². The number of anilines is 1. The fraction of sp³-hybridized carbons (Fsp3) is 0.278. The number of ether oxygens (including phenoxy) is 1. The van der Waals surface area contributed by atoms with E-state index in [4.69, 9.17) is 16.3 Å². The molecule has 0 bridgehead atoms. The predicted molar refractivity (Wildman–Crippen MR) is 93.2 cm³/mol. The summed E-state index contributed by atoms with van der Waals surface area (Å²) in [7, 11) is 0. The molecule has 1 amide bonds. The quantitative estimate of drug-likeness (QED) is 0.853. The molecule has 0 unspecified atom stereocenters. The maximum absolute atomic E-state index is 12.2. The van der Waals surface area contributed by atoms with Crippen molar-refractivity contribution in [3.8, 4) is 0 Å². The van der Waals surface area contributed by atoms with E-state index in [2.05, 4.69) is 10.3 Å². The Balaban J connectivity index is 2.10. The molecule has 1 aromatic heterocycles. The highest BCUT2D eigenvalue weighted by Crippen LogP contribution is 2.16. The van der Waals surface area contributed by atoms with Crippen molar-refractivity contribution in [1.82, 2.24) is 4.98 Å². The van der Waals surface area contributed by atoms with Crippen LogP contribution in [-0.2, 0) is 16.0 Å². The Morgan fingerprint density at radius 3 is 2.46 bits per heavy atom. The largest absolute Gasteiger partial charge is 0.456 e. The molecule has 2 aromatic rings. The van der Waals surface area contributed by atoms with E-state index in [0.717, 1.165) is 0 Å². The van der Waals surface area contributed by atoms with Gasteiger partial charge in [-0.05, 0) is 57.2 Å². The standard InChI is InChI=1S/C18H19ClN2O3/c1-18(2,3)24-17(23)14-5-4-10-20-15(14)11-16(22)21-13-8-6-12(19)7-9-13/h4-10H,11H2,1-3H3,(H,21,22). The first kappa shape index (κ1) is 17.9. The summed E-state index contributed by atoms with van der Waals surface area (Å²) < 4.78 is 5.35. The average Bonchev–Trinajstić information content (AvgIpc) is 2.48. The number of hydrogen-bond donors (Lipinski definition) is 1. The number of halogens is 1. The number of amides is 1. The second-order valence-corrected chi connectivity index (χ2v) is 6.67. The summed E-state index contributed by atoms with van der Waals surface area (Å²) in [6.07, 6.45) is 1.51. The number of rotatable bonds is 4. The molecule has 2 rings (SSSR count). The van der Waals surface area contributed by atoms with Crippen molar-refractivity contribution in [2.45, 2.75) is 32.8 Å². The van der Waals surface area contributed by atoms with E-state index >= 15 is 0 Å². The molecule has 126 valence electrons. The monoisotopic (exact) mass is 346 g/mol. The van der Waals surface area contributed by atoms with Gasteiger partial charge in [0.2, 0.25) is 5.91 Å². The summed E-state index contributed by atoms with van der Waals surface area (Å²) in [6, 6.07) is 10.0. The molecule has 1 aromatic carbocycles. The van der Waals surface area contributed by atoms with Crippen LogP contribution in [0.25, 0.3) is 0 Å². The van der Waals surface area contributed by atoms with Crippen LogP contribution in [0.2, 0.25) is 5.02 Å². The van der Waals surface area contributed by atoms with Crippen LogP contribution in [0.15, 0.2) is 42.6 Å². The zero-order chi connectivity index (χ0) is 17.7. The topological polar surface area (TPSA) is 68.3 Å². The van der Waals surface area contributed by atoms with Crippen LogP contribution < -0.4 is 5.32 Å². The van der Waals surface area contributed by atoms with Crippen LogP contribution >= 0.6 is 11.6 Å². The molecule has 0 saturated heterocycles. The lowest BCUT2D eigenvalue weighted by Gasteiger charge is -2.20. The SMILES string of the molecule is CC(C)(C)OC(=O)c1cccnc1CC(=O)Nc1ccc(Cl)cc1. The van der Waals surface area contributed by atoms with E-state index in [0.29, 0.717) is 22.0 Å². The highest BCUT2D eigenvalue weighted by molar-refractivity contribution is 6.30. The summed E-state index contributed by atoms with van der Waals surface area (Å²) in [5.41, 5.74) is 0.673. The fourth-order valence-electron chi connectivity index (χ4n) is 1.99. The second-order valence-electron chi connectivity index (χ2n) is 6.23. The Bertz CT molecular complexity index is 737. The maximum Gasteiger partial charge on any atom is 0.340 e. The molecule has 0 aliphatic rings. The van der Waals surface area contributed by atoms with Gasteiger partial charge in [-0.3, -0.25) is 9.78 Å². The van der Waals surface area contributed by atoms with Crippen molar-refractivity contribution < 1.29 is 14.3 Å². The van der Waals surface area contributed by atoms with Crippen LogP contribution in [0.1, 0.15) is 36.8 Å². The lowest BCUT2D eigenvalue weighted by Crippen LogP contribution is -2.25. The Morgan fingerprint density at radius 1 is 1.17 bits per heavy atom. The molecule has 0 aliphatic carbocycles. The zero-order valence-corrected chi connectivity index (χ0v) is 14.6. The number of carbonyl (C=O) groups excluding carboxylic acids is 2. The van der Waals surface area contributed by atoms with E-state index in [1.54, 1.807) is 63.4 Å². The van der Waals surface area contributed by atoms with E-state index in [1.165, 1.54) is 0 Å². The first-order chi connectivity index (χ1) is 11.2. The van der Waals surface area contributed by atoms with Gasteiger partial charge < -0.3 is 10.1 Å². The van der Waals surface area contributed by atoms with Gasteiger partial charge in [0.15, 0.2) is 0 Å². The number of benzene rings is 1. The molecular weight excluding hydrogens is 328 g/mol. The Labute approximate surface area is 146 Å². The fourth-order valence-corrected chi connectivity index (χ4v) is 2.11. The smallest absolute Gasteiger partial charge is 0.340 e. The third kappa shape index (κ3) is 5.35. The summed E-state index contributed by atoms with van der Waals surface area (Å²) in [5, 5.41) is 3.33. The Morgan fingerprint density at radius 2 is 1.83 bits per heavy atom. The van der Waals surface area contributed by atoms with Crippen LogP contribution in [0, 0.1) is 0 Å². The molecule has 24 heavy (non-hydrogen) atoms. The lowest BCUT2D eigenvalue weighted by atomic mass is 10.1. The first-order valence-corrected chi connectivity index (χ1v) is 7.85. The molecule has 0 radical (unpaired) electrons. The molecular formula is C18H19ClN2O3. The van der Waals surface area contributed by atoms with Crippen molar-refractivity contribution in [2.24, 2.45) is 0 Å². The predicted octanol–water partition coefficient (Wildman–Crippen LogP) is 3.87. The van der Waals surface area contributed by atoms with E-state index in [9.17, 15) is 9.59 Å². The molecule has 0 atom stereocenters.